The number of rotatable bonds is 0. The number of nitriles is 1. The molecule has 0 aromatic rings. The van der Waals surface area contributed by atoms with Crippen LogP contribution in [0.4, 0.5) is 0 Å². The quantitative estimate of drug-likeness (QED) is 0.629. The van der Waals surface area contributed by atoms with Crippen molar-refractivity contribution in [1.29, 1.82) is 5.26 Å². The average molecular weight is 370 g/mol. The molecule has 0 amide bonds. The molecule has 0 N–H and O–H groups in total. The Morgan fingerprint density at radius 1 is 1.11 bits per heavy atom. The molecular formula is C23H31NO3. The third kappa shape index (κ3) is 2.08. The molecule has 4 fully saturated rings. The normalized spacial score (nSPS) is 52.9. The first-order valence-corrected chi connectivity index (χ1v) is 10.7. The Balaban J connectivity index is 1.52. The van der Waals surface area contributed by atoms with Crippen LogP contribution in [0.25, 0.3) is 0 Å². The number of hydrogen-bond acceptors (Lipinski definition) is 4. The van der Waals surface area contributed by atoms with Crippen LogP contribution >= 0.6 is 0 Å². The second-order valence-corrected chi connectivity index (χ2v) is 10.6. The number of carbonyl (C=O) groups excluding carboxylic acids is 1. The highest BCUT2D eigenvalue weighted by Gasteiger charge is 2.73. The van der Waals surface area contributed by atoms with Gasteiger partial charge in [0.05, 0.1) is 0 Å². The van der Waals surface area contributed by atoms with Gasteiger partial charge in [-0.05, 0) is 81.6 Å². The molecule has 27 heavy (non-hydrogen) atoms. The predicted molar refractivity (Wildman–Crippen MR) is 100 cm³/mol. The van der Waals surface area contributed by atoms with Gasteiger partial charge in [0.1, 0.15) is 12.2 Å². The summed E-state index contributed by atoms with van der Waals surface area (Å²) in [5.41, 5.74) is 0.594. The van der Waals surface area contributed by atoms with E-state index in [1.807, 2.05) is 19.9 Å². The lowest BCUT2D eigenvalue weighted by atomic mass is 9.46. The summed E-state index contributed by atoms with van der Waals surface area (Å²) in [5.74, 6) is 1.32. The standard InChI is InChI=1S/C23H31NO3/c1-20(2)26-19-12-18-16-6-5-14-11-15(25)7-9-21(14,3)17(16)8-10-22(18,4)23(19,13-24)27-20/h11,16-19H,5-10,12H2,1-4H3/t16-,17-,18+,19+,21-,22-,23+/m1/s1. The minimum atomic E-state index is -0.814. The van der Waals surface area contributed by atoms with E-state index in [2.05, 4.69) is 19.9 Å². The van der Waals surface area contributed by atoms with Gasteiger partial charge in [0.25, 0.3) is 0 Å². The molecule has 0 bridgehead atoms. The number of allylic oxidation sites excluding steroid dienone is 1. The summed E-state index contributed by atoms with van der Waals surface area (Å²) < 4.78 is 12.6. The van der Waals surface area contributed by atoms with Crippen molar-refractivity contribution < 1.29 is 14.3 Å². The molecule has 5 rings (SSSR count). The monoisotopic (exact) mass is 369 g/mol. The maximum absolute atomic E-state index is 12.0. The third-order valence-corrected chi connectivity index (χ3v) is 9.12. The van der Waals surface area contributed by atoms with Gasteiger partial charge in [-0.15, -0.1) is 0 Å². The van der Waals surface area contributed by atoms with Crippen LogP contribution in [0.15, 0.2) is 11.6 Å². The van der Waals surface area contributed by atoms with Crippen LogP contribution in [-0.2, 0) is 14.3 Å². The topological polar surface area (TPSA) is 59.3 Å². The fraction of sp³-hybridized carbons (Fsp3) is 0.826. The minimum absolute atomic E-state index is 0.121. The molecule has 1 aliphatic heterocycles. The molecule has 0 aromatic heterocycles. The Morgan fingerprint density at radius 2 is 1.89 bits per heavy atom. The van der Waals surface area contributed by atoms with E-state index in [-0.39, 0.29) is 16.9 Å². The first kappa shape index (κ1) is 17.9. The van der Waals surface area contributed by atoms with E-state index in [0.717, 1.165) is 38.5 Å². The number of ketones is 1. The molecule has 3 saturated carbocycles. The summed E-state index contributed by atoms with van der Waals surface area (Å²) >= 11 is 0. The Morgan fingerprint density at radius 3 is 2.63 bits per heavy atom. The summed E-state index contributed by atoms with van der Waals surface area (Å²) in [4.78, 5) is 12.0. The lowest BCUT2D eigenvalue weighted by molar-refractivity contribution is -0.200. The van der Waals surface area contributed by atoms with Crippen LogP contribution in [0.1, 0.15) is 72.6 Å². The minimum Gasteiger partial charge on any atom is -0.343 e. The summed E-state index contributed by atoms with van der Waals surface area (Å²) in [6.07, 6.45) is 8.77. The zero-order valence-corrected chi connectivity index (χ0v) is 17.0. The molecule has 146 valence electrons. The summed E-state index contributed by atoms with van der Waals surface area (Å²) in [6, 6.07) is 2.60. The van der Waals surface area contributed by atoms with E-state index in [9.17, 15) is 10.1 Å². The van der Waals surface area contributed by atoms with Gasteiger partial charge >= 0.3 is 0 Å². The Bertz CT molecular complexity index is 779. The number of carbonyl (C=O) groups is 1. The van der Waals surface area contributed by atoms with Crippen molar-refractivity contribution in [3.8, 4) is 6.07 Å². The molecule has 0 radical (unpaired) electrons. The van der Waals surface area contributed by atoms with Crippen molar-refractivity contribution in [2.24, 2.45) is 28.6 Å². The Hall–Kier alpha value is -1.18. The largest absolute Gasteiger partial charge is 0.343 e. The van der Waals surface area contributed by atoms with Crippen molar-refractivity contribution in [3.05, 3.63) is 11.6 Å². The number of hydrogen-bond donors (Lipinski definition) is 0. The zero-order chi connectivity index (χ0) is 19.2. The molecule has 0 unspecified atom stereocenters. The summed E-state index contributed by atoms with van der Waals surface area (Å²) in [5, 5.41) is 10.2. The molecule has 5 aliphatic rings. The maximum Gasteiger partial charge on any atom is 0.189 e. The molecule has 0 aromatic carbocycles. The molecule has 0 spiro atoms. The van der Waals surface area contributed by atoms with Crippen molar-refractivity contribution in [2.75, 3.05) is 0 Å². The van der Waals surface area contributed by atoms with Crippen LogP contribution in [-0.4, -0.2) is 23.3 Å². The third-order valence-electron chi connectivity index (χ3n) is 9.12. The second kappa shape index (κ2) is 5.24. The van der Waals surface area contributed by atoms with Gasteiger partial charge in [-0.25, -0.2) is 0 Å². The smallest absolute Gasteiger partial charge is 0.189 e. The van der Waals surface area contributed by atoms with Gasteiger partial charge in [0.2, 0.25) is 0 Å². The van der Waals surface area contributed by atoms with Crippen molar-refractivity contribution in [1.82, 2.24) is 0 Å². The van der Waals surface area contributed by atoms with E-state index >= 15 is 0 Å². The number of fused-ring (bicyclic) bond motifs is 7. The van der Waals surface area contributed by atoms with Gasteiger partial charge in [-0.2, -0.15) is 5.26 Å². The van der Waals surface area contributed by atoms with Crippen molar-refractivity contribution in [3.63, 3.8) is 0 Å². The fourth-order valence-corrected chi connectivity index (χ4v) is 7.83. The number of nitrogens with zero attached hydrogens (tertiary/aromatic N) is 1. The molecule has 4 nitrogen and oxygen atoms in total. The second-order valence-electron chi connectivity index (χ2n) is 10.6. The van der Waals surface area contributed by atoms with E-state index in [1.165, 1.54) is 5.57 Å². The lowest BCUT2D eigenvalue weighted by Crippen LogP contribution is -2.56. The summed E-state index contributed by atoms with van der Waals surface area (Å²) in [7, 11) is 0. The molecular weight excluding hydrogens is 338 g/mol. The van der Waals surface area contributed by atoms with Gasteiger partial charge in [-0.1, -0.05) is 19.4 Å². The highest BCUT2D eigenvalue weighted by atomic mass is 16.8. The van der Waals surface area contributed by atoms with Crippen LogP contribution in [0.3, 0.4) is 0 Å². The van der Waals surface area contributed by atoms with Crippen LogP contribution in [0.2, 0.25) is 0 Å². The van der Waals surface area contributed by atoms with Gasteiger partial charge < -0.3 is 9.47 Å². The Kier molecular flexibility index (Phi) is 3.47. The van der Waals surface area contributed by atoms with Crippen molar-refractivity contribution in [2.45, 2.75) is 90.1 Å². The van der Waals surface area contributed by atoms with Crippen molar-refractivity contribution >= 4 is 5.78 Å². The SMILES string of the molecule is CC1(C)O[C@H]2C[C@H]3[C@@H]4CCC5=CC(=O)CC[C@@]5(C)[C@@H]4CC[C@@]3(C)[C@@]2(C#N)O1. The van der Waals surface area contributed by atoms with E-state index in [1.54, 1.807) is 0 Å². The van der Waals surface area contributed by atoms with Gasteiger partial charge in [-0.3, -0.25) is 4.79 Å². The van der Waals surface area contributed by atoms with Crippen LogP contribution < -0.4 is 0 Å². The van der Waals surface area contributed by atoms with Crippen LogP contribution in [0.5, 0.6) is 0 Å². The predicted octanol–water partition coefficient (Wildman–Crippen LogP) is 4.54. The molecule has 1 heterocycles. The van der Waals surface area contributed by atoms with Gasteiger partial charge in [0.15, 0.2) is 17.2 Å². The average Bonchev–Trinajstić information content (AvgIpc) is 3.01. The van der Waals surface area contributed by atoms with Crippen LogP contribution in [0, 0.1) is 39.9 Å². The van der Waals surface area contributed by atoms with E-state index < -0.39 is 11.4 Å². The van der Waals surface area contributed by atoms with E-state index in [4.69, 9.17) is 9.47 Å². The molecule has 1 saturated heterocycles. The summed E-state index contributed by atoms with van der Waals surface area (Å²) in [6.45, 7) is 8.56. The molecule has 7 atom stereocenters. The first-order chi connectivity index (χ1) is 12.7. The van der Waals surface area contributed by atoms with Gasteiger partial charge in [0, 0.05) is 11.8 Å². The highest BCUT2D eigenvalue weighted by Crippen LogP contribution is 2.70. The number of ether oxygens (including phenoxy) is 2. The molecule has 4 aliphatic carbocycles. The highest BCUT2D eigenvalue weighted by molar-refractivity contribution is 5.91. The van der Waals surface area contributed by atoms with E-state index in [0.29, 0.717) is 30.0 Å². The molecule has 4 heteroatoms. The zero-order valence-electron chi connectivity index (χ0n) is 17.0. The lowest BCUT2D eigenvalue weighted by Gasteiger charge is -2.58. The Labute approximate surface area is 162 Å². The maximum atomic E-state index is 12.0. The first-order valence-electron chi connectivity index (χ1n) is 10.7. The fourth-order valence-electron chi connectivity index (χ4n) is 7.83.